The number of carbonyl (C=O) groups excluding carboxylic acids is 3. The molecule has 0 fully saturated rings. The lowest BCUT2D eigenvalue weighted by molar-refractivity contribution is -0.142. The highest BCUT2D eigenvalue weighted by Crippen LogP contribution is 2.47. The first-order valence-electron chi connectivity index (χ1n) is 13.1. The van der Waals surface area contributed by atoms with Crippen LogP contribution in [0.3, 0.4) is 0 Å². The van der Waals surface area contributed by atoms with Crippen LogP contribution in [0.25, 0.3) is 0 Å². The van der Waals surface area contributed by atoms with E-state index in [2.05, 4.69) is 5.32 Å². The second-order valence-corrected chi connectivity index (χ2v) is 9.38. The summed E-state index contributed by atoms with van der Waals surface area (Å²) in [6.07, 6.45) is -0.379. The number of ether oxygens (including phenoxy) is 7. The molecule has 11 heteroatoms. The highest BCUT2D eigenvalue weighted by Gasteiger charge is 2.35. The molecule has 1 unspecified atom stereocenters. The Bertz CT molecular complexity index is 1440. The molecule has 0 bridgehead atoms. The number of hydrogen-bond acceptors (Lipinski definition) is 10. The van der Waals surface area contributed by atoms with E-state index in [-0.39, 0.29) is 42.3 Å². The predicted molar refractivity (Wildman–Crippen MR) is 151 cm³/mol. The average Bonchev–Trinajstić information content (AvgIpc) is 3.01. The molecule has 3 aromatic rings. The summed E-state index contributed by atoms with van der Waals surface area (Å²) in [6, 6.07) is 14.8. The van der Waals surface area contributed by atoms with E-state index in [1.165, 1.54) is 35.5 Å². The number of carbonyl (C=O) groups is 3. The number of hydrogen-bond donors (Lipinski definition) is 1. The second-order valence-electron chi connectivity index (χ2n) is 9.38. The maximum atomic E-state index is 13.6. The van der Waals surface area contributed by atoms with Gasteiger partial charge in [-0.15, -0.1) is 0 Å². The molecule has 0 spiro atoms. The third-order valence-corrected chi connectivity index (χ3v) is 6.82. The van der Waals surface area contributed by atoms with Crippen molar-refractivity contribution in [2.24, 2.45) is 5.92 Å². The van der Waals surface area contributed by atoms with Gasteiger partial charge in [0.25, 0.3) is 0 Å². The molecule has 0 aliphatic carbocycles. The largest absolute Gasteiger partial charge is 0.493 e. The Morgan fingerprint density at radius 1 is 0.857 bits per heavy atom. The summed E-state index contributed by atoms with van der Waals surface area (Å²) in [6.45, 7) is 0.119. The number of ketones is 1. The van der Waals surface area contributed by atoms with E-state index in [1.54, 1.807) is 24.3 Å². The van der Waals surface area contributed by atoms with Crippen molar-refractivity contribution in [3.63, 3.8) is 0 Å². The molecule has 222 valence electrons. The number of nitrogens with one attached hydrogen (secondary N) is 1. The molecule has 11 nitrogen and oxygen atoms in total. The Kier molecular flexibility index (Phi) is 9.74. The zero-order chi connectivity index (χ0) is 30.2. The van der Waals surface area contributed by atoms with E-state index < -0.39 is 24.0 Å². The lowest BCUT2D eigenvalue weighted by atomic mass is 9.88. The van der Waals surface area contributed by atoms with Gasteiger partial charge in [0.1, 0.15) is 17.4 Å². The molecule has 2 atom stereocenters. The Hall–Kier alpha value is -4.93. The highest BCUT2D eigenvalue weighted by molar-refractivity contribution is 6.05. The number of esters is 1. The van der Waals surface area contributed by atoms with Crippen molar-refractivity contribution in [3.05, 3.63) is 71.3 Å². The van der Waals surface area contributed by atoms with Crippen molar-refractivity contribution in [1.29, 1.82) is 0 Å². The molecule has 1 N–H and O–H groups in total. The molecule has 42 heavy (non-hydrogen) atoms. The van der Waals surface area contributed by atoms with Crippen LogP contribution in [-0.2, 0) is 22.4 Å². The summed E-state index contributed by atoms with van der Waals surface area (Å²) >= 11 is 0. The lowest BCUT2D eigenvalue weighted by Gasteiger charge is -2.27. The summed E-state index contributed by atoms with van der Waals surface area (Å²) in [7, 11) is 7.08. The maximum absolute atomic E-state index is 13.6. The zero-order valence-electron chi connectivity index (χ0n) is 24.1. The van der Waals surface area contributed by atoms with E-state index in [0.717, 1.165) is 5.56 Å². The van der Waals surface area contributed by atoms with Crippen molar-refractivity contribution >= 4 is 17.8 Å². The van der Waals surface area contributed by atoms with Crippen molar-refractivity contribution in [2.75, 3.05) is 42.2 Å². The lowest BCUT2D eigenvalue weighted by Crippen LogP contribution is -2.44. The monoisotopic (exact) mass is 579 g/mol. The van der Waals surface area contributed by atoms with Gasteiger partial charge in [-0.1, -0.05) is 36.4 Å². The third-order valence-electron chi connectivity index (χ3n) is 6.82. The van der Waals surface area contributed by atoms with Gasteiger partial charge < -0.3 is 38.5 Å². The molecule has 1 heterocycles. The van der Waals surface area contributed by atoms with E-state index in [4.69, 9.17) is 33.2 Å². The predicted octanol–water partition coefficient (Wildman–Crippen LogP) is 4.03. The molecule has 0 aromatic heterocycles. The van der Waals surface area contributed by atoms with Crippen LogP contribution in [0.5, 0.6) is 34.5 Å². The Morgan fingerprint density at radius 2 is 1.57 bits per heavy atom. The molecule has 1 amide bonds. The first-order valence-corrected chi connectivity index (χ1v) is 13.1. The zero-order valence-corrected chi connectivity index (χ0v) is 24.1. The van der Waals surface area contributed by atoms with Gasteiger partial charge in [-0.3, -0.25) is 4.79 Å². The van der Waals surface area contributed by atoms with Gasteiger partial charge >= 0.3 is 12.1 Å². The number of rotatable bonds is 11. The van der Waals surface area contributed by atoms with Crippen LogP contribution < -0.4 is 33.7 Å². The van der Waals surface area contributed by atoms with Crippen molar-refractivity contribution in [2.45, 2.75) is 18.9 Å². The SMILES string of the molecule is COC(=O)[C@H](Cc1ccccc1)NC(=O)Oc1cc(CC2COc3cc(OC)c(OC)c(OC)c3C2=O)ccc1OC. The summed E-state index contributed by atoms with van der Waals surface area (Å²) < 4.78 is 38.0. The maximum Gasteiger partial charge on any atom is 0.413 e. The smallest absolute Gasteiger partial charge is 0.413 e. The second kappa shape index (κ2) is 13.6. The van der Waals surface area contributed by atoms with E-state index in [1.807, 2.05) is 30.3 Å². The van der Waals surface area contributed by atoms with E-state index >= 15 is 0 Å². The summed E-state index contributed by atoms with van der Waals surface area (Å²) in [4.78, 5) is 38.8. The van der Waals surface area contributed by atoms with Crippen molar-refractivity contribution in [3.8, 4) is 34.5 Å². The molecule has 1 aliphatic heterocycles. The minimum absolute atomic E-state index is 0.115. The van der Waals surface area contributed by atoms with Gasteiger partial charge in [0.15, 0.2) is 28.8 Å². The first-order chi connectivity index (χ1) is 20.3. The topological polar surface area (TPSA) is 128 Å². The fourth-order valence-electron chi connectivity index (χ4n) is 4.77. The van der Waals surface area contributed by atoms with Gasteiger partial charge in [0, 0.05) is 12.5 Å². The van der Waals surface area contributed by atoms with Gasteiger partial charge in [0.05, 0.1) is 48.1 Å². The van der Waals surface area contributed by atoms with Crippen LogP contribution in [0.15, 0.2) is 54.6 Å². The fraction of sp³-hybridized carbons (Fsp3) is 0.323. The number of benzene rings is 3. The van der Waals surface area contributed by atoms with E-state index in [9.17, 15) is 14.4 Å². The molecule has 0 saturated carbocycles. The van der Waals surface area contributed by atoms with Crippen LogP contribution in [0, 0.1) is 5.92 Å². The standard InChI is InChI=1S/C31H33NO10/c1-36-22-12-11-19(13-20-17-41-24-16-25(37-2)28(38-3)29(39-4)26(24)27(20)33)15-23(22)42-31(35)32-21(30(34)40-5)14-18-9-7-6-8-10-18/h6-12,15-16,20-21H,13-14,17H2,1-5H3,(H,32,35)/t20?,21-/m0/s1. The van der Waals surface area contributed by atoms with Crippen molar-refractivity contribution in [1.82, 2.24) is 5.32 Å². The third kappa shape index (κ3) is 6.51. The van der Waals surface area contributed by atoms with Gasteiger partial charge in [-0.05, 0) is 29.7 Å². The summed E-state index contributed by atoms with van der Waals surface area (Å²) in [5.41, 5.74) is 1.79. The Labute approximate surface area is 243 Å². The first kappa shape index (κ1) is 30.0. The normalized spacial score (nSPS) is 14.5. The number of fused-ring (bicyclic) bond motifs is 1. The minimum atomic E-state index is -0.971. The molecule has 0 saturated heterocycles. The highest BCUT2D eigenvalue weighted by atomic mass is 16.6. The van der Waals surface area contributed by atoms with Crippen LogP contribution in [0.2, 0.25) is 0 Å². The van der Waals surface area contributed by atoms with Crippen LogP contribution in [-0.4, -0.2) is 66.0 Å². The number of Topliss-reactive ketones (excluding diaryl/α,β-unsaturated/α-hetero) is 1. The average molecular weight is 580 g/mol. The van der Waals surface area contributed by atoms with Gasteiger partial charge in [-0.2, -0.15) is 0 Å². The molecular weight excluding hydrogens is 546 g/mol. The molecule has 4 rings (SSSR count). The quantitative estimate of drug-likeness (QED) is 0.333. The van der Waals surface area contributed by atoms with Crippen LogP contribution in [0.1, 0.15) is 21.5 Å². The molecule has 0 radical (unpaired) electrons. The Morgan fingerprint density at radius 3 is 2.21 bits per heavy atom. The van der Waals surface area contributed by atoms with Crippen LogP contribution >= 0.6 is 0 Å². The molecular formula is C31H33NO10. The number of amides is 1. The Balaban J connectivity index is 1.52. The molecule has 1 aliphatic rings. The summed E-state index contributed by atoms with van der Waals surface area (Å²) in [5, 5.41) is 2.57. The van der Waals surface area contributed by atoms with Gasteiger partial charge in [-0.25, -0.2) is 9.59 Å². The van der Waals surface area contributed by atoms with Crippen LogP contribution in [0.4, 0.5) is 4.79 Å². The fourth-order valence-corrected chi connectivity index (χ4v) is 4.77. The van der Waals surface area contributed by atoms with Gasteiger partial charge in [0.2, 0.25) is 5.75 Å². The molecule has 3 aromatic carbocycles. The van der Waals surface area contributed by atoms with Crippen molar-refractivity contribution < 1.29 is 47.5 Å². The number of methoxy groups -OCH3 is 5. The van der Waals surface area contributed by atoms with E-state index in [0.29, 0.717) is 28.6 Å². The minimum Gasteiger partial charge on any atom is -0.493 e. The summed E-state index contributed by atoms with van der Waals surface area (Å²) in [5.74, 6) is 0.293.